The Morgan fingerprint density at radius 2 is 1.96 bits per heavy atom. The zero-order valence-electron chi connectivity index (χ0n) is 15.9. The second-order valence-electron chi connectivity index (χ2n) is 7.11. The molecule has 3 heterocycles. The Kier molecular flexibility index (Phi) is 5.28. The van der Waals surface area contributed by atoms with Crippen LogP contribution in [-0.2, 0) is 11.8 Å². The number of methoxy groups -OCH3 is 1. The van der Waals surface area contributed by atoms with Crippen LogP contribution in [0.2, 0.25) is 5.15 Å². The summed E-state index contributed by atoms with van der Waals surface area (Å²) in [5.74, 6) is 0.532. The average Bonchev–Trinajstić information content (AvgIpc) is 2.71. The van der Waals surface area contributed by atoms with E-state index in [0.29, 0.717) is 45.3 Å². The quantitative estimate of drug-likeness (QED) is 0.677. The van der Waals surface area contributed by atoms with E-state index in [9.17, 15) is 4.79 Å². The number of ether oxygens (including phenoxy) is 1. The zero-order valence-corrected chi connectivity index (χ0v) is 16.6. The summed E-state index contributed by atoms with van der Waals surface area (Å²) < 4.78 is 6.97. The van der Waals surface area contributed by atoms with E-state index in [1.807, 2.05) is 6.07 Å². The van der Waals surface area contributed by atoms with E-state index in [4.69, 9.17) is 21.3 Å². The normalized spacial score (nSPS) is 19.7. The van der Waals surface area contributed by atoms with E-state index in [2.05, 4.69) is 15.3 Å². The number of aromatic nitrogens is 4. The van der Waals surface area contributed by atoms with E-state index in [1.165, 1.54) is 4.57 Å². The van der Waals surface area contributed by atoms with Gasteiger partial charge in [0.05, 0.1) is 22.6 Å². The van der Waals surface area contributed by atoms with Gasteiger partial charge in [0.25, 0.3) is 5.56 Å². The Bertz CT molecular complexity index is 1060. The van der Waals surface area contributed by atoms with Crippen molar-refractivity contribution in [2.24, 2.45) is 7.05 Å². The Balaban J connectivity index is 1.72. The smallest absolute Gasteiger partial charge is 0.258 e. The highest BCUT2D eigenvalue weighted by Gasteiger charge is 2.22. The molecule has 0 aromatic carbocycles. The molecule has 1 aliphatic carbocycles. The third kappa shape index (κ3) is 3.59. The summed E-state index contributed by atoms with van der Waals surface area (Å²) in [6, 6.07) is 3.90. The number of nitrogens with one attached hydrogen (secondary N) is 1. The van der Waals surface area contributed by atoms with Crippen LogP contribution in [0.5, 0.6) is 0 Å². The molecule has 3 aromatic rings. The van der Waals surface area contributed by atoms with E-state index >= 15 is 0 Å². The fraction of sp³-hybridized carbons (Fsp3) is 0.400. The van der Waals surface area contributed by atoms with Gasteiger partial charge in [0.2, 0.25) is 5.95 Å². The number of anilines is 1. The molecule has 1 fully saturated rings. The molecule has 1 N–H and O–H groups in total. The van der Waals surface area contributed by atoms with Crippen molar-refractivity contribution in [1.29, 1.82) is 0 Å². The molecule has 0 unspecified atom stereocenters. The maximum atomic E-state index is 12.6. The standard InChI is InChI=1S/C20H22ClN5O2/c1-26-9-3-4-14(19(26)27)15-10-22-18(21)16-11-23-20(25-17(15)16)24-12-5-7-13(28-2)8-6-12/h3-4,9-13H,5-8H2,1-2H3,(H,23,24,25). The molecule has 0 bridgehead atoms. The number of hydrogen-bond acceptors (Lipinski definition) is 6. The summed E-state index contributed by atoms with van der Waals surface area (Å²) in [6.45, 7) is 0. The number of nitrogens with zero attached hydrogens (tertiary/aromatic N) is 4. The Morgan fingerprint density at radius 1 is 1.18 bits per heavy atom. The van der Waals surface area contributed by atoms with Crippen LogP contribution in [0, 0.1) is 0 Å². The first-order valence-corrected chi connectivity index (χ1v) is 9.71. The summed E-state index contributed by atoms with van der Waals surface area (Å²) in [7, 11) is 3.48. The second kappa shape index (κ2) is 7.85. The Hall–Kier alpha value is -2.51. The SMILES string of the molecule is COC1CCC(Nc2ncc3c(Cl)ncc(-c4cccn(C)c4=O)c3n2)CC1. The van der Waals surface area contributed by atoms with E-state index < -0.39 is 0 Å². The number of rotatable bonds is 4. The summed E-state index contributed by atoms with van der Waals surface area (Å²) in [5, 5.41) is 4.36. The molecule has 1 aliphatic rings. The molecule has 0 radical (unpaired) electrons. The Morgan fingerprint density at radius 3 is 2.71 bits per heavy atom. The number of fused-ring (bicyclic) bond motifs is 1. The molecule has 1 saturated carbocycles. The molecule has 0 saturated heterocycles. The fourth-order valence-corrected chi connectivity index (χ4v) is 3.87. The predicted molar refractivity (Wildman–Crippen MR) is 110 cm³/mol. The average molecular weight is 400 g/mol. The first-order valence-electron chi connectivity index (χ1n) is 9.33. The maximum absolute atomic E-state index is 12.6. The molecule has 4 rings (SSSR count). The monoisotopic (exact) mass is 399 g/mol. The fourth-order valence-electron chi connectivity index (χ4n) is 3.68. The first-order chi connectivity index (χ1) is 13.6. The van der Waals surface area contributed by atoms with Gasteiger partial charge < -0.3 is 14.6 Å². The van der Waals surface area contributed by atoms with Gasteiger partial charge >= 0.3 is 0 Å². The molecular weight excluding hydrogens is 378 g/mol. The lowest BCUT2D eigenvalue weighted by Crippen LogP contribution is -2.29. The second-order valence-corrected chi connectivity index (χ2v) is 7.47. The summed E-state index contributed by atoms with van der Waals surface area (Å²) in [6.07, 6.45) is 9.36. The molecule has 0 spiro atoms. The van der Waals surface area contributed by atoms with Gasteiger partial charge in [0.1, 0.15) is 5.15 Å². The first kappa shape index (κ1) is 18.8. The van der Waals surface area contributed by atoms with Crippen molar-refractivity contribution < 1.29 is 4.74 Å². The van der Waals surface area contributed by atoms with Crippen molar-refractivity contribution in [1.82, 2.24) is 19.5 Å². The van der Waals surface area contributed by atoms with Crippen molar-refractivity contribution in [3.05, 3.63) is 46.2 Å². The van der Waals surface area contributed by atoms with E-state index in [-0.39, 0.29) is 5.56 Å². The minimum atomic E-state index is -0.112. The van der Waals surface area contributed by atoms with Crippen LogP contribution in [0.15, 0.2) is 35.5 Å². The van der Waals surface area contributed by atoms with Crippen LogP contribution < -0.4 is 10.9 Å². The van der Waals surface area contributed by atoms with Crippen molar-refractivity contribution in [3.8, 4) is 11.1 Å². The van der Waals surface area contributed by atoms with Gasteiger partial charge in [-0.2, -0.15) is 0 Å². The van der Waals surface area contributed by atoms with Crippen LogP contribution in [0.3, 0.4) is 0 Å². The summed E-state index contributed by atoms with van der Waals surface area (Å²) in [4.78, 5) is 25.9. The highest BCUT2D eigenvalue weighted by atomic mass is 35.5. The van der Waals surface area contributed by atoms with Crippen molar-refractivity contribution >= 4 is 28.5 Å². The lowest BCUT2D eigenvalue weighted by molar-refractivity contribution is 0.0681. The molecule has 0 atom stereocenters. The molecule has 28 heavy (non-hydrogen) atoms. The molecule has 0 aliphatic heterocycles. The molecular formula is C20H22ClN5O2. The highest BCUT2D eigenvalue weighted by Crippen LogP contribution is 2.29. The van der Waals surface area contributed by atoms with Gasteiger partial charge in [-0.15, -0.1) is 0 Å². The molecule has 0 amide bonds. The molecule has 7 nitrogen and oxygen atoms in total. The van der Waals surface area contributed by atoms with Crippen molar-refractivity contribution in [2.45, 2.75) is 37.8 Å². The maximum Gasteiger partial charge on any atom is 0.258 e. The number of hydrogen-bond donors (Lipinski definition) is 1. The Labute approximate surface area is 167 Å². The number of pyridine rings is 2. The van der Waals surface area contributed by atoms with Crippen molar-refractivity contribution in [3.63, 3.8) is 0 Å². The summed E-state index contributed by atoms with van der Waals surface area (Å²) >= 11 is 6.26. The lowest BCUT2D eigenvalue weighted by Gasteiger charge is -2.28. The number of halogens is 1. The topological polar surface area (TPSA) is 81.9 Å². The molecule has 8 heteroatoms. The van der Waals surface area contributed by atoms with Crippen LogP contribution >= 0.6 is 11.6 Å². The van der Waals surface area contributed by atoms with Gasteiger partial charge in [0.15, 0.2) is 0 Å². The van der Waals surface area contributed by atoms with Gasteiger partial charge in [0, 0.05) is 44.4 Å². The van der Waals surface area contributed by atoms with Crippen LogP contribution in [0.1, 0.15) is 25.7 Å². The number of aryl methyl sites for hydroxylation is 1. The van der Waals surface area contributed by atoms with E-state index in [1.54, 1.807) is 38.8 Å². The molecule has 146 valence electrons. The lowest BCUT2D eigenvalue weighted by atomic mass is 9.93. The van der Waals surface area contributed by atoms with Gasteiger partial charge in [-0.25, -0.2) is 15.0 Å². The van der Waals surface area contributed by atoms with Gasteiger partial charge in [-0.05, 0) is 37.8 Å². The predicted octanol–water partition coefficient (Wildman–Crippen LogP) is 3.41. The molecule has 3 aromatic heterocycles. The minimum absolute atomic E-state index is 0.112. The third-order valence-electron chi connectivity index (χ3n) is 5.33. The third-order valence-corrected chi connectivity index (χ3v) is 5.63. The zero-order chi connectivity index (χ0) is 19.7. The van der Waals surface area contributed by atoms with Crippen molar-refractivity contribution in [2.75, 3.05) is 12.4 Å². The highest BCUT2D eigenvalue weighted by molar-refractivity contribution is 6.34. The minimum Gasteiger partial charge on any atom is -0.381 e. The van der Waals surface area contributed by atoms with Crippen LogP contribution in [0.25, 0.3) is 22.0 Å². The van der Waals surface area contributed by atoms with Crippen LogP contribution in [-0.4, -0.2) is 38.8 Å². The van der Waals surface area contributed by atoms with E-state index in [0.717, 1.165) is 25.7 Å². The largest absolute Gasteiger partial charge is 0.381 e. The van der Waals surface area contributed by atoms with Gasteiger partial charge in [-0.3, -0.25) is 4.79 Å². The van der Waals surface area contributed by atoms with Crippen LogP contribution in [0.4, 0.5) is 5.95 Å². The van der Waals surface area contributed by atoms with Gasteiger partial charge in [-0.1, -0.05) is 11.6 Å². The summed E-state index contributed by atoms with van der Waals surface area (Å²) in [5.41, 5.74) is 1.68.